The summed E-state index contributed by atoms with van der Waals surface area (Å²) in [6, 6.07) is 4.47. The average Bonchev–Trinajstić information content (AvgIpc) is 3.49. The minimum atomic E-state index is -4.71. The van der Waals surface area contributed by atoms with E-state index in [9.17, 15) is 27.9 Å². The van der Waals surface area contributed by atoms with Crippen molar-refractivity contribution in [2.24, 2.45) is 0 Å². The highest BCUT2D eigenvalue weighted by atomic mass is 19.4. The summed E-state index contributed by atoms with van der Waals surface area (Å²) in [6.45, 7) is 8.47. The molecule has 1 aromatic carbocycles. The van der Waals surface area contributed by atoms with E-state index in [4.69, 9.17) is 4.74 Å². The summed E-state index contributed by atoms with van der Waals surface area (Å²) >= 11 is 0. The van der Waals surface area contributed by atoms with Crippen LogP contribution in [-0.2, 0) is 10.9 Å². The number of likely N-dealkylation sites (tertiary alicyclic amines) is 2. The van der Waals surface area contributed by atoms with Gasteiger partial charge in [0.2, 0.25) is 5.95 Å². The zero-order valence-corrected chi connectivity index (χ0v) is 24.0. The molecule has 0 bridgehead atoms. The van der Waals surface area contributed by atoms with E-state index in [1.807, 2.05) is 0 Å². The molecule has 3 N–H and O–H groups in total. The van der Waals surface area contributed by atoms with Gasteiger partial charge < -0.3 is 29.9 Å². The van der Waals surface area contributed by atoms with Gasteiger partial charge in [0.15, 0.2) is 0 Å². The van der Waals surface area contributed by atoms with Crippen LogP contribution in [0.15, 0.2) is 30.6 Å². The number of nitrogens with one attached hydrogen (secondary N) is 2. The van der Waals surface area contributed by atoms with Crippen LogP contribution in [0.4, 0.5) is 23.9 Å². The minimum Gasteiger partial charge on any atom is -0.444 e. The Hall–Kier alpha value is -3.87. The molecule has 3 aromatic rings. The van der Waals surface area contributed by atoms with E-state index in [0.717, 1.165) is 6.20 Å². The SMILES string of the molecule is CC1(O)CCN(C(=O)c2ccc3c(-c4nc(NC5CCCN(C(=O)OC(C)(C)C)C5)ncc4C(F)(F)F)c[nH]c3c2)C1. The number of piperidine rings is 1. The van der Waals surface area contributed by atoms with Gasteiger partial charge in [-0.1, -0.05) is 6.07 Å². The predicted molar refractivity (Wildman–Crippen MR) is 150 cm³/mol. The van der Waals surface area contributed by atoms with E-state index in [0.29, 0.717) is 55.4 Å². The average molecular weight is 589 g/mol. The number of fused-ring (bicyclic) bond motifs is 1. The number of rotatable bonds is 4. The standard InChI is InChI=1S/C29H35F3N6O4/c1-27(2,3)42-26(40)37-10-5-6-18(15-37)35-25-34-14-21(29(30,31)32)23(36-25)20-13-33-22-12-17(7-8-19(20)22)24(39)38-11-9-28(4,41)16-38/h7-8,12-14,18,33,41H,5-6,9-11,15-16H2,1-4H3,(H,34,35,36). The van der Waals surface area contributed by atoms with Gasteiger partial charge in [-0.05, 0) is 59.1 Å². The first kappa shape index (κ1) is 29.6. The van der Waals surface area contributed by atoms with Crippen molar-refractivity contribution in [3.8, 4) is 11.3 Å². The fourth-order valence-electron chi connectivity index (χ4n) is 5.39. The van der Waals surface area contributed by atoms with Crippen LogP contribution in [0.25, 0.3) is 22.2 Å². The summed E-state index contributed by atoms with van der Waals surface area (Å²) in [5, 5.41) is 13.8. The zero-order valence-electron chi connectivity index (χ0n) is 24.0. The molecular formula is C29H35F3N6O4. The lowest BCUT2D eigenvalue weighted by Gasteiger charge is -2.34. The monoisotopic (exact) mass is 588 g/mol. The second-order valence-electron chi connectivity index (χ2n) is 12.3. The van der Waals surface area contributed by atoms with Crippen LogP contribution in [0, 0.1) is 0 Å². The van der Waals surface area contributed by atoms with E-state index >= 15 is 0 Å². The summed E-state index contributed by atoms with van der Waals surface area (Å²) in [7, 11) is 0. The Morgan fingerprint density at radius 1 is 1.19 bits per heavy atom. The van der Waals surface area contributed by atoms with Crippen molar-refractivity contribution in [3.63, 3.8) is 0 Å². The molecule has 226 valence electrons. The van der Waals surface area contributed by atoms with Crippen molar-refractivity contribution in [2.45, 2.75) is 70.4 Å². The number of nitrogens with zero attached hydrogens (tertiary/aromatic N) is 4. The molecule has 5 rings (SSSR count). The number of aliphatic hydroxyl groups is 1. The Balaban J connectivity index is 1.41. The number of hydrogen-bond donors (Lipinski definition) is 3. The number of aromatic nitrogens is 3. The first-order valence-corrected chi connectivity index (χ1v) is 13.9. The van der Waals surface area contributed by atoms with Crippen molar-refractivity contribution in [3.05, 3.63) is 41.7 Å². The summed E-state index contributed by atoms with van der Waals surface area (Å²) in [6.07, 6.45) is -1.13. The number of β-amino-alcohol motifs (C(OH)–C–C–N with tert-alkyl or cyclic N) is 1. The lowest BCUT2D eigenvalue weighted by atomic mass is 10.0. The number of benzene rings is 1. The third-order valence-electron chi connectivity index (χ3n) is 7.42. The van der Waals surface area contributed by atoms with Gasteiger partial charge in [-0.25, -0.2) is 14.8 Å². The van der Waals surface area contributed by atoms with E-state index in [1.54, 1.807) is 55.7 Å². The van der Waals surface area contributed by atoms with Crippen molar-refractivity contribution >= 4 is 28.9 Å². The quantitative estimate of drug-likeness (QED) is 0.390. The number of H-pyrrole nitrogens is 1. The van der Waals surface area contributed by atoms with Gasteiger partial charge >= 0.3 is 12.3 Å². The third kappa shape index (κ3) is 6.45. The molecule has 0 aliphatic carbocycles. The van der Waals surface area contributed by atoms with Gasteiger partial charge in [-0.2, -0.15) is 13.2 Å². The Morgan fingerprint density at radius 2 is 1.95 bits per heavy atom. The van der Waals surface area contributed by atoms with E-state index in [2.05, 4.69) is 20.3 Å². The number of anilines is 1. The smallest absolute Gasteiger partial charge is 0.419 e. The number of amides is 2. The van der Waals surface area contributed by atoms with Crippen molar-refractivity contribution in [2.75, 3.05) is 31.5 Å². The third-order valence-corrected chi connectivity index (χ3v) is 7.42. The van der Waals surface area contributed by atoms with Crippen molar-refractivity contribution < 1.29 is 32.6 Å². The summed E-state index contributed by atoms with van der Waals surface area (Å²) in [5.41, 5.74) is -1.84. The van der Waals surface area contributed by atoms with Crippen LogP contribution in [0.1, 0.15) is 62.9 Å². The maximum Gasteiger partial charge on any atom is 0.419 e. The number of aromatic amines is 1. The van der Waals surface area contributed by atoms with Crippen molar-refractivity contribution in [1.29, 1.82) is 0 Å². The van der Waals surface area contributed by atoms with Gasteiger partial charge in [0.25, 0.3) is 5.91 Å². The Bertz CT molecular complexity index is 1500. The molecule has 2 aliphatic heterocycles. The molecule has 13 heteroatoms. The molecule has 2 amide bonds. The fraction of sp³-hybridized carbons (Fsp3) is 0.517. The molecule has 0 saturated carbocycles. The highest BCUT2D eigenvalue weighted by Crippen LogP contribution is 2.39. The summed E-state index contributed by atoms with van der Waals surface area (Å²) < 4.78 is 47.7. The molecule has 4 heterocycles. The van der Waals surface area contributed by atoms with Gasteiger partial charge in [-0.15, -0.1) is 0 Å². The summed E-state index contributed by atoms with van der Waals surface area (Å²) in [4.78, 5) is 39.9. The van der Waals surface area contributed by atoms with E-state index in [1.165, 1.54) is 6.20 Å². The van der Waals surface area contributed by atoms with E-state index in [-0.39, 0.29) is 35.7 Å². The van der Waals surface area contributed by atoms with Crippen LogP contribution in [-0.4, -0.2) is 85.3 Å². The van der Waals surface area contributed by atoms with Gasteiger partial charge in [0.05, 0.1) is 11.3 Å². The lowest BCUT2D eigenvalue weighted by Crippen LogP contribution is -2.47. The number of alkyl halides is 3. The Morgan fingerprint density at radius 3 is 2.62 bits per heavy atom. The molecule has 2 unspecified atom stereocenters. The molecule has 2 atom stereocenters. The molecule has 0 radical (unpaired) electrons. The highest BCUT2D eigenvalue weighted by molar-refractivity contribution is 6.02. The maximum absolute atomic E-state index is 14.1. The fourth-order valence-corrected chi connectivity index (χ4v) is 5.39. The zero-order chi connectivity index (χ0) is 30.4. The normalized spacial score (nSPS) is 21.6. The molecule has 0 spiro atoms. The Kier molecular flexibility index (Phi) is 7.58. The number of ether oxygens (including phenoxy) is 1. The second-order valence-corrected chi connectivity index (χ2v) is 12.3. The van der Waals surface area contributed by atoms with Crippen LogP contribution < -0.4 is 5.32 Å². The topological polar surface area (TPSA) is 124 Å². The second kappa shape index (κ2) is 10.8. The maximum atomic E-state index is 14.1. The van der Waals surface area contributed by atoms with Gasteiger partial charge in [-0.3, -0.25) is 4.79 Å². The first-order valence-electron chi connectivity index (χ1n) is 13.9. The molecule has 2 fully saturated rings. The lowest BCUT2D eigenvalue weighted by molar-refractivity contribution is -0.137. The first-order chi connectivity index (χ1) is 19.6. The molecule has 2 saturated heterocycles. The number of hydrogen-bond acceptors (Lipinski definition) is 7. The Labute approximate surface area is 241 Å². The molecule has 2 aromatic heterocycles. The minimum absolute atomic E-state index is 0.0104. The van der Waals surface area contributed by atoms with Crippen molar-refractivity contribution in [1.82, 2.24) is 24.8 Å². The van der Waals surface area contributed by atoms with Crippen LogP contribution in [0.5, 0.6) is 0 Å². The molecular weight excluding hydrogens is 553 g/mol. The van der Waals surface area contributed by atoms with Crippen LogP contribution in [0.3, 0.4) is 0 Å². The number of halogens is 3. The molecule has 42 heavy (non-hydrogen) atoms. The largest absolute Gasteiger partial charge is 0.444 e. The van der Waals surface area contributed by atoms with Gasteiger partial charge in [0, 0.05) is 66.6 Å². The predicted octanol–water partition coefficient (Wildman–Crippen LogP) is 5.05. The van der Waals surface area contributed by atoms with Crippen LogP contribution in [0.2, 0.25) is 0 Å². The number of carbonyl (C=O) groups is 2. The molecule has 10 nitrogen and oxygen atoms in total. The van der Waals surface area contributed by atoms with E-state index < -0.39 is 29.0 Å². The van der Waals surface area contributed by atoms with Crippen LogP contribution >= 0.6 is 0 Å². The summed E-state index contributed by atoms with van der Waals surface area (Å²) in [5.74, 6) is -0.250. The molecule has 2 aliphatic rings. The number of carbonyl (C=O) groups excluding carboxylic acids is 2. The highest BCUT2D eigenvalue weighted by Gasteiger charge is 2.37. The van der Waals surface area contributed by atoms with Gasteiger partial charge in [0.1, 0.15) is 11.2 Å².